The number of carbonyl (C=O) groups is 2. The van der Waals surface area contributed by atoms with E-state index in [4.69, 9.17) is 21.1 Å². The van der Waals surface area contributed by atoms with Gasteiger partial charge in [0, 0.05) is 18.8 Å². The number of ether oxygens (including phenoxy) is 2. The fraction of sp³-hybridized carbons (Fsp3) is 0.286. The molecule has 13 heteroatoms. The second-order valence-electron chi connectivity index (χ2n) is 7.54. The van der Waals surface area contributed by atoms with Gasteiger partial charge in [0.2, 0.25) is 5.91 Å². The van der Waals surface area contributed by atoms with Gasteiger partial charge in [-0.25, -0.2) is 14.5 Å². The molecular formula is C21H19ClN8O4. The lowest BCUT2D eigenvalue weighted by molar-refractivity contribution is -0.144. The number of rotatable bonds is 6. The fourth-order valence-corrected chi connectivity index (χ4v) is 3.41. The number of nitrogens with zero attached hydrogens (tertiary/aromatic N) is 6. The summed E-state index contributed by atoms with van der Waals surface area (Å²) in [5.41, 5.74) is 0.471. The lowest BCUT2D eigenvalue weighted by Gasteiger charge is -2.33. The van der Waals surface area contributed by atoms with Crippen LogP contribution < -0.4 is 10.6 Å². The summed E-state index contributed by atoms with van der Waals surface area (Å²) < 4.78 is 11.8. The highest BCUT2D eigenvalue weighted by atomic mass is 35.5. The molecule has 1 saturated heterocycles. The third kappa shape index (κ3) is 4.52. The molecule has 1 atom stereocenters. The molecule has 0 spiro atoms. The third-order valence-electron chi connectivity index (χ3n) is 5.17. The zero-order valence-electron chi connectivity index (χ0n) is 18.1. The van der Waals surface area contributed by atoms with Crippen molar-refractivity contribution in [3.63, 3.8) is 0 Å². The predicted octanol–water partition coefficient (Wildman–Crippen LogP) is 2.71. The van der Waals surface area contributed by atoms with Crippen LogP contribution in [0.1, 0.15) is 18.6 Å². The maximum Gasteiger partial charge on any atom is 0.413 e. The smallest absolute Gasteiger partial charge is 0.413 e. The lowest BCUT2D eigenvalue weighted by Crippen LogP contribution is -2.50. The normalized spacial score (nSPS) is 14.9. The van der Waals surface area contributed by atoms with Crippen molar-refractivity contribution in [1.29, 1.82) is 5.26 Å². The molecule has 0 radical (unpaired) electrons. The van der Waals surface area contributed by atoms with Gasteiger partial charge in [0.1, 0.15) is 11.3 Å². The Morgan fingerprint density at radius 1 is 1.29 bits per heavy atom. The van der Waals surface area contributed by atoms with Gasteiger partial charge in [0.05, 0.1) is 36.9 Å². The molecular weight excluding hydrogens is 464 g/mol. The minimum atomic E-state index is -1.18. The van der Waals surface area contributed by atoms with Crippen LogP contribution in [-0.4, -0.2) is 50.2 Å². The van der Waals surface area contributed by atoms with Crippen molar-refractivity contribution in [1.82, 2.24) is 25.0 Å². The SMILES string of the molecule is C[C@@H](OC(=O)Nc1c(-c2ccc(NC(=O)C3(C#N)COC3)cn2)nnn1C)c1cccnc1Cl. The number of halogens is 1. The topological polar surface area (TPSA) is 157 Å². The number of amides is 2. The summed E-state index contributed by atoms with van der Waals surface area (Å²) in [6, 6.07) is 8.60. The standard InChI is InChI=1S/C21H19ClN8O4/c1-12(14-4-3-7-24-17(14)22)34-20(32)27-18-16(28-29-30(18)2)15-6-5-13(8-25-15)26-19(31)21(9-23)10-33-11-21/h3-8,12H,10-11H2,1-2H3,(H,26,31)(H,27,32)/t12-/m1/s1. The third-order valence-corrected chi connectivity index (χ3v) is 5.48. The van der Waals surface area contributed by atoms with Crippen LogP contribution in [0.2, 0.25) is 5.15 Å². The second-order valence-corrected chi connectivity index (χ2v) is 7.90. The summed E-state index contributed by atoms with van der Waals surface area (Å²) in [4.78, 5) is 33.1. The summed E-state index contributed by atoms with van der Waals surface area (Å²) >= 11 is 6.06. The van der Waals surface area contributed by atoms with Crippen LogP contribution >= 0.6 is 11.6 Å². The van der Waals surface area contributed by atoms with E-state index in [0.717, 1.165) is 0 Å². The Morgan fingerprint density at radius 2 is 2.09 bits per heavy atom. The summed E-state index contributed by atoms with van der Waals surface area (Å²) in [6.07, 6.45) is 1.57. The van der Waals surface area contributed by atoms with Crippen LogP contribution in [-0.2, 0) is 21.3 Å². The molecule has 1 fully saturated rings. The van der Waals surface area contributed by atoms with Gasteiger partial charge >= 0.3 is 6.09 Å². The average molecular weight is 483 g/mol. The van der Waals surface area contributed by atoms with E-state index in [1.165, 1.54) is 10.9 Å². The molecule has 3 aromatic heterocycles. The van der Waals surface area contributed by atoms with Gasteiger partial charge in [0.25, 0.3) is 0 Å². The van der Waals surface area contributed by atoms with Gasteiger partial charge in [-0.05, 0) is 25.1 Å². The zero-order valence-corrected chi connectivity index (χ0v) is 18.9. The van der Waals surface area contributed by atoms with E-state index in [0.29, 0.717) is 22.6 Å². The molecule has 12 nitrogen and oxygen atoms in total. The highest BCUT2D eigenvalue weighted by molar-refractivity contribution is 6.30. The van der Waals surface area contributed by atoms with Crippen molar-refractivity contribution in [3.05, 3.63) is 47.4 Å². The maximum absolute atomic E-state index is 12.5. The number of hydrogen-bond acceptors (Lipinski definition) is 9. The van der Waals surface area contributed by atoms with Crippen molar-refractivity contribution in [2.75, 3.05) is 23.8 Å². The summed E-state index contributed by atoms with van der Waals surface area (Å²) in [6.45, 7) is 1.78. The Kier molecular flexibility index (Phi) is 6.40. The summed E-state index contributed by atoms with van der Waals surface area (Å²) in [5, 5.41) is 22.8. The van der Waals surface area contributed by atoms with Gasteiger partial charge in [-0.1, -0.05) is 22.9 Å². The highest BCUT2D eigenvalue weighted by Crippen LogP contribution is 2.29. The van der Waals surface area contributed by atoms with Crippen molar-refractivity contribution < 1.29 is 19.1 Å². The van der Waals surface area contributed by atoms with Crippen molar-refractivity contribution in [2.24, 2.45) is 12.5 Å². The summed E-state index contributed by atoms with van der Waals surface area (Å²) in [7, 11) is 1.60. The Bertz CT molecular complexity index is 1270. The molecule has 0 unspecified atom stereocenters. The van der Waals surface area contributed by atoms with Crippen LogP contribution in [0, 0.1) is 16.7 Å². The van der Waals surface area contributed by atoms with Crippen LogP contribution in [0.5, 0.6) is 0 Å². The highest BCUT2D eigenvalue weighted by Gasteiger charge is 2.46. The van der Waals surface area contributed by atoms with Crippen molar-refractivity contribution in [2.45, 2.75) is 13.0 Å². The van der Waals surface area contributed by atoms with Gasteiger partial charge in [-0.2, -0.15) is 5.26 Å². The largest absolute Gasteiger partial charge is 0.441 e. The van der Waals surface area contributed by atoms with E-state index in [1.807, 2.05) is 6.07 Å². The summed E-state index contributed by atoms with van der Waals surface area (Å²) in [5.74, 6) is -0.197. The molecule has 2 amide bonds. The number of hydrogen-bond donors (Lipinski definition) is 2. The fourth-order valence-electron chi connectivity index (χ4n) is 3.13. The molecule has 2 N–H and O–H groups in total. The lowest BCUT2D eigenvalue weighted by atomic mass is 9.87. The molecule has 1 aliphatic rings. The van der Waals surface area contributed by atoms with Crippen LogP contribution in [0.25, 0.3) is 11.4 Å². The first kappa shape index (κ1) is 23.1. The number of carbonyl (C=O) groups excluding carboxylic acids is 2. The Hall–Kier alpha value is -4.08. The van der Waals surface area contributed by atoms with Crippen LogP contribution in [0.3, 0.4) is 0 Å². The molecule has 3 aromatic rings. The molecule has 174 valence electrons. The van der Waals surface area contributed by atoms with Crippen molar-refractivity contribution >= 4 is 35.1 Å². The van der Waals surface area contributed by atoms with Gasteiger partial charge in [0.15, 0.2) is 16.9 Å². The van der Waals surface area contributed by atoms with E-state index in [-0.39, 0.29) is 24.2 Å². The zero-order chi connectivity index (χ0) is 24.3. The number of anilines is 2. The quantitative estimate of drug-likeness (QED) is 0.504. The average Bonchev–Trinajstić information content (AvgIpc) is 3.14. The second kappa shape index (κ2) is 9.42. The number of aryl methyl sites for hydroxylation is 1. The number of nitriles is 1. The monoisotopic (exact) mass is 482 g/mol. The number of nitrogens with one attached hydrogen (secondary N) is 2. The minimum Gasteiger partial charge on any atom is -0.441 e. The van der Waals surface area contributed by atoms with Crippen LogP contribution in [0.15, 0.2) is 36.7 Å². The molecule has 4 rings (SSSR count). The molecule has 0 aliphatic carbocycles. The minimum absolute atomic E-state index is 0.0528. The molecule has 1 aliphatic heterocycles. The predicted molar refractivity (Wildman–Crippen MR) is 119 cm³/mol. The van der Waals surface area contributed by atoms with E-state index in [9.17, 15) is 14.9 Å². The van der Waals surface area contributed by atoms with Gasteiger partial charge in [-0.3, -0.25) is 15.1 Å². The number of aromatic nitrogens is 5. The van der Waals surface area contributed by atoms with E-state index >= 15 is 0 Å². The maximum atomic E-state index is 12.5. The van der Waals surface area contributed by atoms with Crippen LogP contribution in [0.4, 0.5) is 16.3 Å². The Labute approximate surface area is 198 Å². The molecule has 0 bridgehead atoms. The van der Waals surface area contributed by atoms with Gasteiger partial charge in [-0.15, -0.1) is 5.10 Å². The molecule has 0 saturated carbocycles. The van der Waals surface area contributed by atoms with E-state index in [2.05, 4.69) is 30.9 Å². The first-order valence-corrected chi connectivity index (χ1v) is 10.5. The first-order valence-electron chi connectivity index (χ1n) is 10.1. The van der Waals surface area contributed by atoms with Gasteiger partial charge < -0.3 is 14.8 Å². The Balaban J connectivity index is 1.45. The first-order chi connectivity index (χ1) is 16.3. The van der Waals surface area contributed by atoms with Crippen molar-refractivity contribution in [3.8, 4) is 17.5 Å². The number of pyridine rings is 2. The molecule has 0 aromatic carbocycles. The molecule has 4 heterocycles. The van der Waals surface area contributed by atoms with E-state index in [1.54, 1.807) is 44.4 Å². The Morgan fingerprint density at radius 3 is 2.71 bits per heavy atom. The van der Waals surface area contributed by atoms with E-state index < -0.39 is 23.5 Å². The molecule has 34 heavy (non-hydrogen) atoms.